The van der Waals surface area contributed by atoms with Crippen LogP contribution in [0.5, 0.6) is 5.75 Å². The highest BCUT2D eigenvalue weighted by molar-refractivity contribution is 5.38. The zero-order chi connectivity index (χ0) is 9.14. The molecular formula is C9H8FNO. The van der Waals surface area contributed by atoms with Gasteiger partial charge in [-0.25, -0.2) is 4.39 Å². The van der Waals surface area contributed by atoms with E-state index in [1.807, 2.05) is 6.07 Å². The fourth-order valence-electron chi connectivity index (χ4n) is 0.958. The number of nitrogens with zero attached hydrogens (tertiary/aromatic N) is 1. The quantitative estimate of drug-likeness (QED) is 0.690. The van der Waals surface area contributed by atoms with Crippen LogP contribution in [0.4, 0.5) is 4.39 Å². The van der Waals surface area contributed by atoms with Crippen molar-refractivity contribution >= 4 is 0 Å². The fourth-order valence-corrected chi connectivity index (χ4v) is 0.958. The number of phenolic OH excluding ortho intramolecular Hbond substituents is 1. The van der Waals surface area contributed by atoms with Crippen molar-refractivity contribution in [2.45, 2.75) is 13.3 Å². The summed E-state index contributed by atoms with van der Waals surface area (Å²) in [5.74, 6) is -0.603. The lowest BCUT2D eigenvalue weighted by atomic mass is 10.1. The molecule has 0 spiro atoms. The monoisotopic (exact) mass is 165 g/mol. The number of hydrogen-bond acceptors (Lipinski definition) is 2. The summed E-state index contributed by atoms with van der Waals surface area (Å²) < 4.78 is 12.8. The van der Waals surface area contributed by atoms with Crippen LogP contribution < -0.4 is 0 Å². The Kier molecular flexibility index (Phi) is 2.29. The highest BCUT2D eigenvalue weighted by Gasteiger charge is 2.05. The van der Waals surface area contributed by atoms with Crippen LogP contribution in [-0.2, 0) is 6.42 Å². The third-order valence-corrected chi connectivity index (χ3v) is 1.63. The molecule has 12 heavy (non-hydrogen) atoms. The lowest BCUT2D eigenvalue weighted by Gasteiger charge is -2.02. The summed E-state index contributed by atoms with van der Waals surface area (Å²) in [6, 6.07) is 4.40. The summed E-state index contributed by atoms with van der Waals surface area (Å²) in [5.41, 5.74) is 0.912. The summed E-state index contributed by atoms with van der Waals surface area (Å²) in [6.07, 6.45) is 0.104. The minimum atomic E-state index is -0.450. The largest absolute Gasteiger partial charge is 0.508 e. The van der Waals surface area contributed by atoms with Gasteiger partial charge in [0.2, 0.25) is 0 Å². The molecule has 0 aliphatic carbocycles. The van der Waals surface area contributed by atoms with Gasteiger partial charge in [-0.3, -0.25) is 0 Å². The highest BCUT2D eigenvalue weighted by atomic mass is 19.1. The van der Waals surface area contributed by atoms with Gasteiger partial charge in [-0.1, -0.05) is 0 Å². The van der Waals surface area contributed by atoms with Gasteiger partial charge in [0.1, 0.15) is 11.6 Å². The molecule has 0 aliphatic heterocycles. The summed E-state index contributed by atoms with van der Waals surface area (Å²) in [5, 5.41) is 17.5. The van der Waals surface area contributed by atoms with Crippen LogP contribution in [0.15, 0.2) is 12.1 Å². The molecule has 0 saturated heterocycles. The van der Waals surface area contributed by atoms with Gasteiger partial charge in [-0.2, -0.15) is 5.26 Å². The van der Waals surface area contributed by atoms with E-state index >= 15 is 0 Å². The Morgan fingerprint density at radius 3 is 2.83 bits per heavy atom. The van der Waals surface area contributed by atoms with Crippen LogP contribution in [0.25, 0.3) is 0 Å². The van der Waals surface area contributed by atoms with Gasteiger partial charge < -0.3 is 5.11 Å². The zero-order valence-corrected chi connectivity index (χ0v) is 6.63. The second kappa shape index (κ2) is 3.22. The smallest absolute Gasteiger partial charge is 0.129 e. The van der Waals surface area contributed by atoms with Gasteiger partial charge in [0.05, 0.1) is 12.5 Å². The Morgan fingerprint density at radius 2 is 2.25 bits per heavy atom. The molecule has 0 aromatic heterocycles. The summed E-state index contributed by atoms with van der Waals surface area (Å²) >= 11 is 0. The van der Waals surface area contributed by atoms with Crippen molar-refractivity contribution in [3.05, 3.63) is 29.1 Å². The van der Waals surface area contributed by atoms with Gasteiger partial charge in [0, 0.05) is 11.6 Å². The molecule has 1 rings (SSSR count). The van der Waals surface area contributed by atoms with Crippen LogP contribution in [0, 0.1) is 24.1 Å². The zero-order valence-electron chi connectivity index (χ0n) is 6.63. The summed E-state index contributed by atoms with van der Waals surface area (Å²) in [7, 11) is 0. The lowest BCUT2D eigenvalue weighted by Crippen LogP contribution is -1.88. The normalized spacial score (nSPS) is 9.42. The van der Waals surface area contributed by atoms with E-state index in [-0.39, 0.29) is 12.2 Å². The molecule has 0 amide bonds. The number of nitriles is 1. The van der Waals surface area contributed by atoms with E-state index in [0.717, 1.165) is 6.07 Å². The molecule has 0 bridgehead atoms. The van der Waals surface area contributed by atoms with Crippen LogP contribution in [-0.4, -0.2) is 5.11 Å². The van der Waals surface area contributed by atoms with E-state index in [9.17, 15) is 4.39 Å². The first-order valence-corrected chi connectivity index (χ1v) is 3.50. The first-order chi connectivity index (χ1) is 5.65. The van der Waals surface area contributed by atoms with Gasteiger partial charge in [0.25, 0.3) is 0 Å². The number of aryl methyl sites for hydroxylation is 1. The first kappa shape index (κ1) is 8.54. The standard InChI is InChI=1S/C9H8FNO/c1-6-4-7(2-3-11)9(12)5-8(6)10/h4-5,12H,2H2,1H3. The van der Waals surface area contributed by atoms with Crippen molar-refractivity contribution in [1.29, 1.82) is 5.26 Å². The van der Waals surface area contributed by atoms with Gasteiger partial charge in [-0.05, 0) is 18.6 Å². The maximum absolute atomic E-state index is 12.8. The van der Waals surface area contributed by atoms with Crippen LogP contribution in [0.2, 0.25) is 0 Å². The molecule has 1 aromatic rings. The van der Waals surface area contributed by atoms with Gasteiger partial charge in [0.15, 0.2) is 0 Å². The predicted octanol–water partition coefficient (Wildman–Crippen LogP) is 1.91. The van der Waals surface area contributed by atoms with Crippen molar-refractivity contribution in [3.63, 3.8) is 0 Å². The molecule has 0 aliphatic rings. The van der Waals surface area contributed by atoms with E-state index in [0.29, 0.717) is 11.1 Å². The summed E-state index contributed by atoms with van der Waals surface area (Å²) in [4.78, 5) is 0. The lowest BCUT2D eigenvalue weighted by molar-refractivity contribution is 0.463. The molecule has 0 heterocycles. The fraction of sp³-hybridized carbons (Fsp3) is 0.222. The molecule has 62 valence electrons. The molecule has 0 unspecified atom stereocenters. The molecule has 0 fully saturated rings. The Morgan fingerprint density at radius 1 is 1.58 bits per heavy atom. The third kappa shape index (κ3) is 1.54. The predicted molar refractivity (Wildman–Crippen MR) is 42.1 cm³/mol. The Labute approximate surface area is 69.9 Å². The minimum Gasteiger partial charge on any atom is -0.508 e. The maximum atomic E-state index is 12.8. The average Bonchev–Trinajstić information content (AvgIpc) is 2.01. The third-order valence-electron chi connectivity index (χ3n) is 1.63. The van der Waals surface area contributed by atoms with Gasteiger partial charge in [-0.15, -0.1) is 0 Å². The van der Waals surface area contributed by atoms with Crippen LogP contribution in [0.3, 0.4) is 0 Å². The van der Waals surface area contributed by atoms with Crippen molar-refractivity contribution < 1.29 is 9.50 Å². The molecule has 3 heteroatoms. The number of benzene rings is 1. The number of aromatic hydroxyl groups is 1. The minimum absolute atomic E-state index is 0.104. The maximum Gasteiger partial charge on any atom is 0.129 e. The second-order valence-corrected chi connectivity index (χ2v) is 2.56. The van der Waals surface area contributed by atoms with E-state index in [1.165, 1.54) is 6.07 Å². The van der Waals surface area contributed by atoms with E-state index < -0.39 is 5.82 Å². The van der Waals surface area contributed by atoms with Crippen LogP contribution >= 0.6 is 0 Å². The van der Waals surface area contributed by atoms with Crippen molar-refractivity contribution in [2.75, 3.05) is 0 Å². The van der Waals surface area contributed by atoms with Crippen LogP contribution in [0.1, 0.15) is 11.1 Å². The first-order valence-electron chi connectivity index (χ1n) is 3.50. The topological polar surface area (TPSA) is 44.0 Å². The van der Waals surface area contributed by atoms with Crippen molar-refractivity contribution in [1.82, 2.24) is 0 Å². The van der Waals surface area contributed by atoms with Crippen molar-refractivity contribution in [3.8, 4) is 11.8 Å². The number of phenols is 1. The number of rotatable bonds is 1. The summed E-state index contributed by atoms with van der Waals surface area (Å²) in [6.45, 7) is 1.59. The van der Waals surface area contributed by atoms with E-state index in [2.05, 4.69) is 0 Å². The number of hydrogen-bond donors (Lipinski definition) is 1. The molecule has 2 nitrogen and oxygen atoms in total. The number of halogens is 1. The molecule has 1 aromatic carbocycles. The highest BCUT2D eigenvalue weighted by Crippen LogP contribution is 2.21. The Hall–Kier alpha value is -1.56. The van der Waals surface area contributed by atoms with E-state index in [4.69, 9.17) is 10.4 Å². The Balaban J connectivity index is 3.16. The molecule has 0 saturated carbocycles. The van der Waals surface area contributed by atoms with Crippen molar-refractivity contribution in [2.24, 2.45) is 0 Å². The molecule has 0 radical (unpaired) electrons. The molecule has 0 atom stereocenters. The Bertz CT molecular complexity index is 341. The molecular weight excluding hydrogens is 157 g/mol. The van der Waals surface area contributed by atoms with Gasteiger partial charge >= 0.3 is 0 Å². The second-order valence-electron chi connectivity index (χ2n) is 2.56. The average molecular weight is 165 g/mol. The molecule has 1 N–H and O–H groups in total. The van der Waals surface area contributed by atoms with E-state index in [1.54, 1.807) is 6.92 Å². The SMILES string of the molecule is Cc1cc(CC#N)c(O)cc1F.